The topological polar surface area (TPSA) is 98.3 Å². The Morgan fingerprint density at radius 3 is 2.68 bits per heavy atom. The number of aromatic amines is 1. The highest BCUT2D eigenvalue weighted by molar-refractivity contribution is 5.91. The number of fused-ring (bicyclic) bond motifs is 1. The second-order valence-corrected chi connectivity index (χ2v) is 4.70. The molecular formula is C16H13N2O4-. The predicted molar refractivity (Wildman–Crippen MR) is 78.4 cm³/mol. The lowest BCUT2D eigenvalue weighted by Gasteiger charge is -2.04. The van der Waals surface area contributed by atoms with Crippen LogP contribution < -0.4 is 9.84 Å². The Hall–Kier alpha value is -2.86. The smallest absolute Gasteiger partial charge is 0.138 e. The van der Waals surface area contributed by atoms with Crippen LogP contribution in [0.5, 0.6) is 5.75 Å². The van der Waals surface area contributed by atoms with Crippen molar-refractivity contribution in [1.82, 2.24) is 9.97 Å². The second kappa shape index (κ2) is 5.87. The molecule has 112 valence electrons. The summed E-state index contributed by atoms with van der Waals surface area (Å²) in [6.07, 6.45) is 0. The number of aliphatic hydroxyl groups is 1. The Labute approximate surface area is 126 Å². The molecule has 0 spiro atoms. The molecule has 3 aromatic rings. The molecule has 0 saturated carbocycles. The fourth-order valence-corrected chi connectivity index (χ4v) is 2.15. The van der Waals surface area contributed by atoms with Gasteiger partial charge in [0.25, 0.3) is 0 Å². The molecule has 6 nitrogen and oxygen atoms in total. The van der Waals surface area contributed by atoms with E-state index >= 15 is 0 Å². The van der Waals surface area contributed by atoms with Crippen LogP contribution >= 0.6 is 0 Å². The van der Waals surface area contributed by atoms with Crippen LogP contribution in [0, 0.1) is 0 Å². The largest absolute Gasteiger partial charge is 0.545 e. The van der Waals surface area contributed by atoms with Gasteiger partial charge in [0.1, 0.15) is 18.2 Å². The molecule has 0 aliphatic heterocycles. The fourth-order valence-electron chi connectivity index (χ4n) is 2.15. The number of carboxylic acids is 1. The van der Waals surface area contributed by atoms with Crippen LogP contribution in [-0.2, 0) is 0 Å². The summed E-state index contributed by atoms with van der Waals surface area (Å²) in [5.74, 6) is 0.0794. The normalized spacial score (nSPS) is 10.8. The number of ether oxygens (including phenoxy) is 1. The lowest BCUT2D eigenvalue weighted by Crippen LogP contribution is -2.21. The molecular weight excluding hydrogens is 284 g/mol. The van der Waals surface area contributed by atoms with E-state index in [4.69, 9.17) is 9.84 Å². The highest BCUT2D eigenvalue weighted by Gasteiger charge is 2.06. The van der Waals surface area contributed by atoms with Crippen LogP contribution in [0.25, 0.3) is 22.4 Å². The van der Waals surface area contributed by atoms with Gasteiger partial charge in [0, 0.05) is 5.56 Å². The van der Waals surface area contributed by atoms with Crippen molar-refractivity contribution < 1.29 is 19.7 Å². The fraction of sp³-hybridized carbons (Fsp3) is 0.125. The van der Waals surface area contributed by atoms with Crippen LogP contribution in [0.2, 0.25) is 0 Å². The van der Waals surface area contributed by atoms with E-state index in [9.17, 15) is 9.90 Å². The molecule has 1 heterocycles. The average Bonchev–Trinajstić information content (AvgIpc) is 2.96. The minimum atomic E-state index is -1.22. The van der Waals surface area contributed by atoms with E-state index in [0.29, 0.717) is 22.6 Å². The number of carbonyl (C=O) groups is 1. The minimum absolute atomic E-state index is 0.0356. The Morgan fingerprint density at radius 1 is 1.23 bits per heavy atom. The second-order valence-electron chi connectivity index (χ2n) is 4.70. The average molecular weight is 297 g/mol. The van der Waals surface area contributed by atoms with Gasteiger partial charge in [-0.05, 0) is 42.0 Å². The van der Waals surface area contributed by atoms with E-state index in [-0.39, 0.29) is 18.8 Å². The number of aromatic nitrogens is 2. The molecule has 2 N–H and O–H groups in total. The number of benzene rings is 2. The summed E-state index contributed by atoms with van der Waals surface area (Å²) in [5.41, 5.74) is 2.27. The monoisotopic (exact) mass is 297 g/mol. The Balaban J connectivity index is 1.91. The number of rotatable bonds is 5. The minimum Gasteiger partial charge on any atom is -0.545 e. The third-order valence-corrected chi connectivity index (χ3v) is 3.21. The summed E-state index contributed by atoms with van der Waals surface area (Å²) in [6.45, 7) is 0.210. The van der Waals surface area contributed by atoms with Crippen LogP contribution in [0.3, 0.4) is 0 Å². The standard InChI is InChI=1S/C16H14N2O4/c19-7-8-22-12-4-1-10(2-5-12)15-17-13-6-3-11(16(20)21)9-14(13)18-15/h1-6,9,19H,7-8H2,(H,17,18)(H,20,21)/p-1. The molecule has 2 aromatic carbocycles. The van der Waals surface area contributed by atoms with Crippen LogP contribution in [0.4, 0.5) is 0 Å². The van der Waals surface area contributed by atoms with Gasteiger partial charge in [-0.1, -0.05) is 6.07 Å². The molecule has 22 heavy (non-hydrogen) atoms. The van der Waals surface area contributed by atoms with Crippen molar-refractivity contribution in [1.29, 1.82) is 0 Å². The number of nitrogens with one attached hydrogen (secondary N) is 1. The zero-order valence-electron chi connectivity index (χ0n) is 11.6. The third kappa shape index (κ3) is 2.77. The Kier molecular flexibility index (Phi) is 3.76. The van der Waals surface area contributed by atoms with Gasteiger partial charge in [0.2, 0.25) is 0 Å². The number of aromatic carboxylic acids is 1. The van der Waals surface area contributed by atoms with Crippen molar-refractivity contribution in [2.75, 3.05) is 13.2 Å². The number of aliphatic hydroxyl groups excluding tert-OH is 1. The molecule has 6 heteroatoms. The van der Waals surface area contributed by atoms with Gasteiger partial charge in [-0.25, -0.2) is 4.98 Å². The molecule has 0 atom stereocenters. The highest BCUT2D eigenvalue weighted by atomic mass is 16.5. The van der Waals surface area contributed by atoms with Gasteiger partial charge in [0.05, 0.1) is 23.6 Å². The summed E-state index contributed by atoms with van der Waals surface area (Å²) >= 11 is 0. The molecule has 1 aromatic heterocycles. The summed E-state index contributed by atoms with van der Waals surface area (Å²) in [5, 5.41) is 19.6. The number of carboxylic acid groups (broad SMARTS) is 1. The zero-order valence-corrected chi connectivity index (χ0v) is 11.6. The number of H-pyrrole nitrogens is 1. The Bertz CT molecular complexity index is 809. The van der Waals surface area contributed by atoms with E-state index in [1.54, 1.807) is 18.2 Å². The van der Waals surface area contributed by atoms with Crippen LogP contribution in [-0.4, -0.2) is 34.3 Å². The molecule has 0 amide bonds. The van der Waals surface area contributed by atoms with Gasteiger partial charge in [-0.2, -0.15) is 0 Å². The van der Waals surface area contributed by atoms with Gasteiger partial charge >= 0.3 is 0 Å². The maximum absolute atomic E-state index is 10.9. The predicted octanol–water partition coefficient (Wildman–Crippen LogP) is 0.964. The Morgan fingerprint density at radius 2 is 2.00 bits per heavy atom. The number of hydrogen-bond acceptors (Lipinski definition) is 5. The van der Waals surface area contributed by atoms with Crippen molar-refractivity contribution >= 4 is 17.0 Å². The first-order valence-corrected chi connectivity index (χ1v) is 6.72. The highest BCUT2D eigenvalue weighted by Crippen LogP contribution is 2.23. The summed E-state index contributed by atoms with van der Waals surface area (Å²) in [7, 11) is 0. The summed E-state index contributed by atoms with van der Waals surface area (Å²) < 4.78 is 5.29. The van der Waals surface area contributed by atoms with Crippen molar-refractivity contribution in [3.05, 3.63) is 48.0 Å². The molecule has 0 unspecified atom stereocenters. The molecule has 0 aliphatic carbocycles. The first-order valence-electron chi connectivity index (χ1n) is 6.72. The summed E-state index contributed by atoms with van der Waals surface area (Å²) in [6, 6.07) is 11.8. The maximum Gasteiger partial charge on any atom is 0.138 e. The first kappa shape index (κ1) is 14.1. The molecule has 0 aliphatic rings. The molecule has 0 saturated heterocycles. The van der Waals surface area contributed by atoms with Gasteiger partial charge in [0.15, 0.2) is 0 Å². The van der Waals surface area contributed by atoms with Crippen molar-refractivity contribution in [3.8, 4) is 17.1 Å². The van der Waals surface area contributed by atoms with E-state index in [1.165, 1.54) is 12.1 Å². The lowest BCUT2D eigenvalue weighted by atomic mass is 10.2. The van der Waals surface area contributed by atoms with Gasteiger partial charge < -0.3 is 24.7 Å². The van der Waals surface area contributed by atoms with Gasteiger partial charge in [-0.3, -0.25) is 0 Å². The number of hydrogen-bond donors (Lipinski definition) is 2. The van der Waals surface area contributed by atoms with Crippen molar-refractivity contribution in [2.45, 2.75) is 0 Å². The lowest BCUT2D eigenvalue weighted by molar-refractivity contribution is -0.255. The van der Waals surface area contributed by atoms with E-state index < -0.39 is 5.97 Å². The zero-order chi connectivity index (χ0) is 15.5. The maximum atomic E-state index is 10.9. The van der Waals surface area contributed by atoms with E-state index in [1.807, 2.05) is 12.1 Å². The number of imidazole rings is 1. The van der Waals surface area contributed by atoms with Gasteiger partial charge in [-0.15, -0.1) is 0 Å². The molecule has 0 fully saturated rings. The summed E-state index contributed by atoms with van der Waals surface area (Å²) in [4.78, 5) is 18.4. The van der Waals surface area contributed by atoms with Crippen molar-refractivity contribution in [2.24, 2.45) is 0 Å². The molecule has 0 bridgehead atoms. The SMILES string of the molecule is O=C([O-])c1ccc2nc(-c3ccc(OCCO)cc3)[nH]c2c1. The number of carbonyl (C=O) groups excluding carboxylic acids is 1. The molecule has 0 radical (unpaired) electrons. The molecule has 3 rings (SSSR count). The van der Waals surface area contributed by atoms with Crippen molar-refractivity contribution in [3.63, 3.8) is 0 Å². The van der Waals surface area contributed by atoms with Crippen LogP contribution in [0.15, 0.2) is 42.5 Å². The van der Waals surface area contributed by atoms with Crippen LogP contribution in [0.1, 0.15) is 10.4 Å². The van der Waals surface area contributed by atoms with E-state index in [0.717, 1.165) is 5.56 Å². The third-order valence-electron chi connectivity index (χ3n) is 3.21. The number of nitrogens with zero attached hydrogens (tertiary/aromatic N) is 1. The first-order chi connectivity index (χ1) is 10.7. The van der Waals surface area contributed by atoms with E-state index in [2.05, 4.69) is 9.97 Å². The quantitative estimate of drug-likeness (QED) is 0.731.